The third kappa shape index (κ3) is 34.1. The van der Waals surface area contributed by atoms with Gasteiger partial charge in [-0.2, -0.15) is 0 Å². The van der Waals surface area contributed by atoms with Crippen molar-refractivity contribution in [2.75, 3.05) is 0 Å². The van der Waals surface area contributed by atoms with Crippen LogP contribution in [0.2, 0.25) is 0 Å². The van der Waals surface area contributed by atoms with E-state index < -0.39 is 53.9 Å². The third-order valence-electron chi connectivity index (χ3n) is 2.96. The maximum Gasteiger partial charge on any atom is 0.320 e. The predicted octanol–water partition coefficient (Wildman–Crippen LogP) is -2.21. The van der Waals surface area contributed by atoms with Crippen LogP contribution in [0.1, 0.15) is 38.5 Å². The van der Waals surface area contributed by atoms with E-state index in [4.69, 9.17) is 47.8 Å². The fourth-order valence-corrected chi connectivity index (χ4v) is 1.21. The number of rotatable bonds is 12. The standard InChI is InChI=1S/3C5H9NO4.2Ce/c3*6-3(5(9)10)1-2-4(7)8;;/h3*3H,1-2,6H2,(H,7,8)(H,9,10);;/t3*3-;;/m110../s1. The Kier molecular flexibility index (Phi) is 32.7. The SMILES string of the molecule is N[C@@H](CCC(=O)O)C(=O)O.N[C@H](CCC(=O)O)C(=O)O.N[C@H](CCC(=O)O)C(=O)O.[Ce].[Ce]. The first-order chi connectivity index (χ1) is 13.6. The Labute approximate surface area is 249 Å². The second-order valence-electron chi connectivity index (χ2n) is 5.63. The molecule has 0 aliphatic carbocycles. The van der Waals surface area contributed by atoms with Gasteiger partial charge in [0.05, 0.1) is 0 Å². The summed E-state index contributed by atoms with van der Waals surface area (Å²) in [5.41, 5.74) is 15.0. The van der Waals surface area contributed by atoms with E-state index in [0.29, 0.717) is 0 Å². The molecule has 0 saturated heterocycles. The maximum absolute atomic E-state index is 9.99. The predicted molar refractivity (Wildman–Crippen MR) is 97.4 cm³/mol. The number of nitrogens with two attached hydrogens (primary N) is 3. The molecular weight excluding hydrogens is 694 g/mol. The van der Waals surface area contributed by atoms with Crippen molar-refractivity contribution in [3.8, 4) is 0 Å². The van der Waals surface area contributed by atoms with Gasteiger partial charge in [0.2, 0.25) is 0 Å². The summed E-state index contributed by atoms with van der Waals surface area (Å²) in [6.45, 7) is 0. The van der Waals surface area contributed by atoms with Gasteiger partial charge in [-0.25, -0.2) is 0 Å². The summed E-state index contributed by atoms with van der Waals surface area (Å²) < 4.78 is 0. The molecule has 0 spiro atoms. The molecule has 17 heteroatoms. The van der Waals surface area contributed by atoms with Crippen molar-refractivity contribution in [2.24, 2.45) is 17.2 Å². The number of hydrogen-bond acceptors (Lipinski definition) is 9. The Morgan fingerprint density at radius 1 is 0.469 bits per heavy atom. The van der Waals surface area contributed by atoms with Crippen LogP contribution in [-0.4, -0.2) is 84.6 Å². The molecule has 0 aromatic rings. The number of carbonyl (C=O) groups is 6. The van der Waals surface area contributed by atoms with Crippen molar-refractivity contribution in [2.45, 2.75) is 56.7 Å². The minimum Gasteiger partial charge on any atom is -0.481 e. The van der Waals surface area contributed by atoms with Crippen molar-refractivity contribution in [3.63, 3.8) is 0 Å². The first-order valence-corrected chi connectivity index (χ1v) is 8.22. The van der Waals surface area contributed by atoms with E-state index in [1.165, 1.54) is 0 Å². The molecule has 0 aliphatic heterocycles. The van der Waals surface area contributed by atoms with Gasteiger partial charge in [0, 0.05) is 103 Å². The molecule has 182 valence electrons. The third-order valence-corrected chi connectivity index (χ3v) is 2.96. The van der Waals surface area contributed by atoms with Gasteiger partial charge in [0.1, 0.15) is 18.1 Å². The van der Waals surface area contributed by atoms with E-state index in [1.807, 2.05) is 0 Å². The van der Waals surface area contributed by atoms with Gasteiger partial charge in [-0.05, 0) is 19.3 Å². The molecule has 0 radical (unpaired) electrons. The van der Waals surface area contributed by atoms with E-state index >= 15 is 0 Å². The molecule has 0 aromatic carbocycles. The Hall–Kier alpha value is -0.547. The van der Waals surface area contributed by atoms with Gasteiger partial charge in [0.25, 0.3) is 0 Å². The van der Waals surface area contributed by atoms with Crippen LogP contribution in [0.5, 0.6) is 0 Å². The van der Waals surface area contributed by atoms with E-state index in [0.717, 1.165) is 0 Å². The average molecular weight is 722 g/mol. The molecule has 0 heterocycles. The molecule has 32 heavy (non-hydrogen) atoms. The molecule has 0 rings (SSSR count). The largest absolute Gasteiger partial charge is 0.481 e. The summed E-state index contributed by atoms with van der Waals surface area (Å²) in [5.74, 6) is -6.59. The zero-order valence-electron chi connectivity index (χ0n) is 16.8. The van der Waals surface area contributed by atoms with Gasteiger partial charge < -0.3 is 47.8 Å². The minimum atomic E-state index is -1.17. The summed E-state index contributed by atoms with van der Waals surface area (Å²) in [4.78, 5) is 59.6. The summed E-state index contributed by atoms with van der Waals surface area (Å²) in [6.07, 6.45) is -0.672. The van der Waals surface area contributed by atoms with Crippen LogP contribution >= 0.6 is 0 Å². The second kappa shape index (κ2) is 25.1. The van der Waals surface area contributed by atoms with Gasteiger partial charge in [0.15, 0.2) is 0 Å². The van der Waals surface area contributed by atoms with E-state index in [-0.39, 0.29) is 122 Å². The summed E-state index contributed by atoms with van der Waals surface area (Å²) in [6, 6.07) is -3.18. The van der Waals surface area contributed by atoms with Crippen LogP contribution < -0.4 is 17.2 Å². The molecule has 0 aliphatic rings. The maximum atomic E-state index is 9.99. The number of aliphatic carboxylic acids is 6. The smallest absolute Gasteiger partial charge is 0.320 e. The fourth-order valence-electron chi connectivity index (χ4n) is 1.21. The minimum absolute atomic E-state index is 0. The first kappa shape index (κ1) is 41.7. The van der Waals surface area contributed by atoms with Gasteiger partial charge in [-0.3, -0.25) is 28.8 Å². The number of carboxylic acids is 6. The van der Waals surface area contributed by atoms with Crippen molar-refractivity contribution >= 4 is 35.8 Å². The van der Waals surface area contributed by atoms with Crippen LogP contribution in [0.15, 0.2) is 0 Å². The monoisotopic (exact) mass is 721 g/mol. The molecular formula is C15H27Ce2N3O12. The van der Waals surface area contributed by atoms with Gasteiger partial charge >= 0.3 is 35.8 Å². The van der Waals surface area contributed by atoms with Crippen molar-refractivity contribution < 1.29 is 143 Å². The zero-order valence-corrected chi connectivity index (χ0v) is 23.1. The van der Waals surface area contributed by atoms with Crippen LogP contribution in [0.4, 0.5) is 0 Å². The molecule has 12 N–H and O–H groups in total. The molecule has 0 saturated carbocycles. The molecule has 0 unspecified atom stereocenters. The first-order valence-electron chi connectivity index (χ1n) is 8.22. The van der Waals surface area contributed by atoms with Gasteiger partial charge in [-0.15, -0.1) is 0 Å². The Morgan fingerprint density at radius 3 is 0.719 bits per heavy atom. The van der Waals surface area contributed by atoms with E-state index in [9.17, 15) is 28.8 Å². The number of hydrogen-bond donors (Lipinski definition) is 9. The van der Waals surface area contributed by atoms with Crippen LogP contribution in [-0.2, 0) is 28.8 Å². The molecule has 0 bridgehead atoms. The Balaban J connectivity index is -0.000000110. The quantitative estimate of drug-likeness (QED) is 0.103. The number of carboxylic acid groups (broad SMARTS) is 6. The molecule has 3 atom stereocenters. The van der Waals surface area contributed by atoms with E-state index in [2.05, 4.69) is 0 Å². The summed E-state index contributed by atoms with van der Waals surface area (Å²) >= 11 is 0. The van der Waals surface area contributed by atoms with Crippen LogP contribution in [0.25, 0.3) is 0 Å². The van der Waals surface area contributed by atoms with E-state index in [1.54, 1.807) is 0 Å². The molecule has 0 aromatic heterocycles. The normalized spacial score (nSPS) is 11.7. The molecule has 15 nitrogen and oxygen atoms in total. The van der Waals surface area contributed by atoms with Gasteiger partial charge in [-0.1, -0.05) is 0 Å². The zero-order chi connectivity index (χ0) is 24.4. The fraction of sp³-hybridized carbons (Fsp3) is 0.600. The second-order valence-corrected chi connectivity index (χ2v) is 5.63. The Morgan fingerprint density at radius 2 is 0.625 bits per heavy atom. The van der Waals surface area contributed by atoms with Crippen LogP contribution in [0, 0.1) is 83.5 Å². The molecule has 0 amide bonds. The molecule has 0 fully saturated rings. The average Bonchev–Trinajstić information content (AvgIpc) is 2.62. The summed E-state index contributed by atoms with van der Waals surface area (Å²) in [5, 5.41) is 48.8. The van der Waals surface area contributed by atoms with Crippen molar-refractivity contribution in [3.05, 3.63) is 0 Å². The van der Waals surface area contributed by atoms with Crippen molar-refractivity contribution in [1.82, 2.24) is 0 Å². The topological polar surface area (TPSA) is 302 Å². The van der Waals surface area contributed by atoms with Crippen LogP contribution in [0.3, 0.4) is 0 Å². The summed E-state index contributed by atoms with van der Waals surface area (Å²) in [7, 11) is 0. The van der Waals surface area contributed by atoms with Crippen molar-refractivity contribution in [1.29, 1.82) is 0 Å². The Bertz CT molecular complexity index is 525.